The number of nitrogens with one attached hydrogen (secondary N) is 1. The van der Waals surface area contributed by atoms with Crippen molar-refractivity contribution in [2.24, 2.45) is 5.10 Å². The summed E-state index contributed by atoms with van der Waals surface area (Å²) in [4.78, 5) is 0. The highest BCUT2D eigenvalue weighted by atomic mass is 16.5. The molecule has 1 N–H and O–H groups in total. The normalized spacial score (nSPS) is 10.7. The minimum absolute atomic E-state index is 0.715. The molecule has 0 spiro atoms. The zero-order valence-electron chi connectivity index (χ0n) is 13.8. The van der Waals surface area contributed by atoms with E-state index in [4.69, 9.17) is 9.47 Å². The third kappa shape index (κ3) is 5.66. The van der Waals surface area contributed by atoms with E-state index in [9.17, 15) is 0 Å². The Morgan fingerprint density at radius 1 is 1.04 bits per heavy atom. The zero-order chi connectivity index (χ0) is 16.3. The number of ether oxygens (including phenoxy) is 2. The lowest BCUT2D eigenvalue weighted by atomic mass is 10.2. The fourth-order valence-electron chi connectivity index (χ4n) is 2.11. The third-order valence-corrected chi connectivity index (χ3v) is 3.37. The molecule has 0 radical (unpaired) electrons. The molecule has 0 saturated carbocycles. The Bertz CT molecular complexity index is 612. The second kappa shape index (κ2) is 9.51. The van der Waals surface area contributed by atoms with Crippen molar-refractivity contribution in [2.75, 3.05) is 19.1 Å². The van der Waals surface area contributed by atoms with E-state index < -0.39 is 0 Å². The first-order chi connectivity index (χ1) is 11.3. The lowest BCUT2D eigenvalue weighted by molar-refractivity contribution is 0.286. The number of methoxy groups -OCH3 is 1. The first-order valence-corrected chi connectivity index (χ1v) is 7.98. The SMILES string of the molecule is CCCCCOc1ccc(C=NNc2ccccc2)cc1OC. The number of unbranched alkanes of at least 4 members (excludes halogenated alkanes) is 2. The van der Waals surface area contributed by atoms with Crippen LogP contribution < -0.4 is 14.9 Å². The summed E-state index contributed by atoms with van der Waals surface area (Å²) in [5.74, 6) is 1.50. The smallest absolute Gasteiger partial charge is 0.161 e. The molecule has 0 aliphatic rings. The van der Waals surface area contributed by atoms with E-state index >= 15 is 0 Å². The molecule has 2 rings (SSSR count). The second-order valence-corrected chi connectivity index (χ2v) is 5.20. The van der Waals surface area contributed by atoms with Gasteiger partial charge in [-0.05, 0) is 42.3 Å². The van der Waals surface area contributed by atoms with Crippen molar-refractivity contribution < 1.29 is 9.47 Å². The van der Waals surface area contributed by atoms with Crippen LogP contribution in [0.1, 0.15) is 31.7 Å². The van der Waals surface area contributed by atoms with Gasteiger partial charge in [-0.15, -0.1) is 0 Å². The van der Waals surface area contributed by atoms with Crippen LogP contribution in [-0.2, 0) is 0 Å². The fraction of sp³-hybridized carbons (Fsp3) is 0.316. The molecule has 0 atom stereocenters. The zero-order valence-corrected chi connectivity index (χ0v) is 13.8. The average molecular weight is 312 g/mol. The van der Waals surface area contributed by atoms with Gasteiger partial charge in [0.15, 0.2) is 11.5 Å². The Kier molecular flexibility index (Phi) is 6.98. The average Bonchev–Trinajstić information content (AvgIpc) is 2.60. The first-order valence-electron chi connectivity index (χ1n) is 7.98. The lowest BCUT2D eigenvalue weighted by Gasteiger charge is -2.11. The lowest BCUT2D eigenvalue weighted by Crippen LogP contribution is -2.00. The summed E-state index contributed by atoms with van der Waals surface area (Å²) >= 11 is 0. The molecule has 0 fully saturated rings. The molecule has 0 unspecified atom stereocenters. The molecule has 23 heavy (non-hydrogen) atoms. The Labute approximate surface area is 138 Å². The highest BCUT2D eigenvalue weighted by molar-refractivity contribution is 5.81. The van der Waals surface area contributed by atoms with Crippen LogP contribution >= 0.6 is 0 Å². The van der Waals surface area contributed by atoms with Crippen molar-refractivity contribution in [2.45, 2.75) is 26.2 Å². The number of anilines is 1. The van der Waals surface area contributed by atoms with Crippen molar-refractivity contribution in [3.63, 3.8) is 0 Å². The van der Waals surface area contributed by atoms with Gasteiger partial charge in [-0.2, -0.15) is 5.10 Å². The molecule has 0 amide bonds. The predicted octanol–water partition coefficient (Wildman–Crippen LogP) is 4.71. The van der Waals surface area contributed by atoms with E-state index in [0.717, 1.165) is 29.2 Å². The quantitative estimate of drug-likeness (QED) is 0.414. The molecule has 0 heterocycles. The Balaban J connectivity index is 1.95. The van der Waals surface area contributed by atoms with Crippen LogP contribution in [0.4, 0.5) is 5.69 Å². The van der Waals surface area contributed by atoms with Crippen LogP contribution in [0.15, 0.2) is 53.6 Å². The van der Waals surface area contributed by atoms with Gasteiger partial charge in [-0.1, -0.05) is 38.0 Å². The molecule has 122 valence electrons. The number of hydrogen-bond acceptors (Lipinski definition) is 4. The maximum Gasteiger partial charge on any atom is 0.161 e. The highest BCUT2D eigenvalue weighted by Crippen LogP contribution is 2.27. The molecule has 0 aromatic heterocycles. The second-order valence-electron chi connectivity index (χ2n) is 5.20. The minimum Gasteiger partial charge on any atom is -0.493 e. The topological polar surface area (TPSA) is 42.8 Å². The molecule has 0 aliphatic heterocycles. The first kappa shape index (κ1) is 16.9. The van der Waals surface area contributed by atoms with Crippen molar-refractivity contribution >= 4 is 11.9 Å². The van der Waals surface area contributed by atoms with Crippen LogP contribution in [0.25, 0.3) is 0 Å². The fourth-order valence-corrected chi connectivity index (χ4v) is 2.11. The number of hydrazone groups is 1. The van der Waals surface area contributed by atoms with E-state index in [2.05, 4.69) is 17.5 Å². The van der Waals surface area contributed by atoms with E-state index in [-0.39, 0.29) is 0 Å². The van der Waals surface area contributed by atoms with Crippen LogP contribution in [-0.4, -0.2) is 19.9 Å². The summed E-state index contributed by atoms with van der Waals surface area (Å²) in [6.07, 6.45) is 5.18. The summed E-state index contributed by atoms with van der Waals surface area (Å²) in [5, 5.41) is 4.23. The van der Waals surface area contributed by atoms with Gasteiger partial charge in [-0.25, -0.2) is 0 Å². The minimum atomic E-state index is 0.715. The standard InChI is InChI=1S/C19H24N2O2/c1-3-4-8-13-23-18-12-11-16(14-19(18)22-2)15-20-21-17-9-6-5-7-10-17/h5-7,9-12,14-15,21H,3-4,8,13H2,1-2H3. The molecule has 4 nitrogen and oxygen atoms in total. The van der Waals surface area contributed by atoms with Gasteiger partial charge in [0.05, 0.1) is 25.6 Å². The number of para-hydroxylation sites is 1. The van der Waals surface area contributed by atoms with Crippen molar-refractivity contribution in [1.29, 1.82) is 0 Å². The number of hydrogen-bond donors (Lipinski definition) is 1. The van der Waals surface area contributed by atoms with E-state index in [1.54, 1.807) is 13.3 Å². The molecule has 0 aliphatic carbocycles. The molecule has 2 aromatic rings. The van der Waals surface area contributed by atoms with E-state index in [1.807, 2.05) is 48.5 Å². The largest absolute Gasteiger partial charge is 0.493 e. The molecule has 0 bridgehead atoms. The summed E-state index contributed by atoms with van der Waals surface area (Å²) in [7, 11) is 1.65. The summed E-state index contributed by atoms with van der Waals surface area (Å²) in [6.45, 7) is 2.89. The van der Waals surface area contributed by atoms with Crippen molar-refractivity contribution in [1.82, 2.24) is 0 Å². The van der Waals surface area contributed by atoms with Gasteiger partial charge in [0.2, 0.25) is 0 Å². The molecule has 2 aromatic carbocycles. The maximum atomic E-state index is 5.77. The van der Waals surface area contributed by atoms with E-state index in [0.29, 0.717) is 6.61 Å². The van der Waals surface area contributed by atoms with Gasteiger partial charge in [0.1, 0.15) is 0 Å². The Morgan fingerprint density at radius 3 is 2.61 bits per heavy atom. The summed E-state index contributed by atoms with van der Waals surface area (Å²) < 4.78 is 11.2. The summed E-state index contributed by atoms with van der Waals surface area (Å²) in [6, 6.07) is 15.6. The Hall–Kier alpha value is -2.49. The monoisotopic (exact) mass is 312 g/mol. The Morgan fingerprint density at radius 2 is 1.87 bits per heavy atom. The number of benzene rings is 2. The van der Waals surface area contributed by atoms with Crippen molar-refractivity contribution in [3.8, 4) is 11.5 Å². The van der Waals surface area contributed by atoms with Crippen molar-refractivity contribution in [3.05, 3.63) is 54.1 Å². The molecular formula is C19H24N2O2. The number of nitrogens with zero attached hydrogens (tertiary/aromatic N) is 1. The van der Waals surface area contributed by atoms with Gasteiger partial charge < -0.3 is 9.47 Å². The van der Waals surface area contributed by atoms with Crippen LogP contribution in [0.3, 0.4) is 0 Å². The molecule has 4 heteroatoms. The van der Waals surface area contributed by atoms with Crippen LogP contribution in [0, 0.1) is 0 Å². The molecular weight excluding hydrogens is 288 g/mol. The van der Waals surface area contributed by atoms with Crippen LogP contribution in [0.2, 0.25) is 0 Å². The summed E-state index contributed by atoms with van der Waals surface area (Å²) in [5.41, 5.74) is 4.89. The maximum absolute atomic E-state index is 5.77. The highest BCUT2D eigenvalue weighted by Gasteiger charge is 2.04. The van der Waals surface area contributed by atoms with E-state index in [1.165, 1.54) is 12.8 Å². The van der Waals surface area contributed by atoms with Gasteiger partial charge in [0, 0.05) is 0 Å². The third-order valence-electron chi connectivity index (χ3n) is 3.37. The van der Waals surface area contributed by atoms with Gasteiger partial charge in [-0.3, -0.25) is 5.43 Å². The number of rotatable bonds is 9. The van der Waals surface area contributed by atoms with Gasteiger partial charge >= 0.3 is 0 Å². The molecule has 0 saturated heterocycles. The predicted molar refractivity (Wildman–Crippen MR) is 95.7 cm³/mol. The van der Waals surface area contributed by atoms with Crippen LogP contribution in [0.5, 0.6) is 11.5 Å². The van der Waals surface area contributed by atoms with Gasteiger partial charge in [0.25, 0.3) is 0 Å².